The molecule has 0 fully saturated rings. The third-order valence-corrected chi connectivity index (χ3v) is 14.4. The van der Waals surface area contributed by atoms with Gasteiger partial charge in [0.1, 0.15) is 0 Å². The lowest BCUT2D eigenvalue weighted by molar-refractivity contribution is 0.660. The van der Waals surface area contributed by atoms with Crippen molar-refractivity contribution in [1.29, 1.82) is 0 Å². The number of benzene rings is 10. The quantitative estimate of drug-likeness (QED) is 0.162. The molecule has 0 bridgehead atoms. The lowest BCUT2D eigenvalue weighted by Gasteiger charge is -2.26. The summed E-state index contributed by atoms with van der Waals surface area (Å²) in [6, 6.07) is 78.4. The van der Waals surface area contributed by atoms with Crippen molar-refractivity contribution in [3.8, 4) is 44.5 Å². The van der Waals surface area contributed by atoms with Crippen molar-refractivity contribution in [3.63, 3.8) is 0 Å². The van der Waals surface area contributed by atoms with E-state index in [2.05, 4.69) is 231 Å². The van der Waals surface area contributed by atoms with Crippen LogP contribution >= 0.6 is 11.3 Å². The molecular formula is C59H41NS. The van der Waals surface area contributed by atoms with Gasteiger partial charge in [-0.2, -0.15) is 0 Å². The Labute approximate surface area is 360 Å². The van der Waals surface area contributed by atoms with Crippen LogP contribution in [0.1, 0.15) is 25.0 Å². The summed E-state index contributed by atoms with van der Waals surface area (Å²) in [5, 5.41) is 7.76. The molecule has 1 aliphatic rings. The van der Waals surface area contributed by atoms with Crippen molar-refractivity contribution < 1.29 is 0 Å². The van der Waals surface area contributed by atoms with Crippen molar-refractivity contribution in [2.75, 3.05) is 4.90 Å². The average Bonchev–Trinajstić information content (AvgIpc) is 3.82. The lowest BCUT2D eigenvalue weighted by atomic mass is 9.82. The van der Waals surface area contributed by atoms with Gasteiger partial charge in [0.05, 0.1) is 0 Å². The van der Waals surface area contributed by atoms with Gasteiger partial charge >= 0.3 is 0 Å². The fraction of sp³-hybridized carbons (Fsp3) is 0.0508. The van der Waals surface area contributed by atoms with Crippen LogP contribution in [-0.2, 0) is 5.41 Å². The Bertz CT molecular complexity index is 3480. The van der Waals surface area contributed by atoms with Crippen LogP contribution in [-0.4, -0.2) is 0 Å². The van der Waals surface area contributed by atoms with Crippen LogP contribution in [0.3, 0.4) is 0 Å². The van der Waals surface area contributed by atoms with Crippen LogP contribution in [0.15, 0.2) is 212 Å². The van der Waals surface area contributed by atoms with E-state index in [1.54, 1.807) is 0 Å². The number of fused-ring (bicyclic) bond motifs is 9. The third-order valence-electron chi connectivity index (χ3n) is 13.1. The molecule has 0 spiro atoms. The molecule has 0 atom stereocenters. The predicted molar refractivity (Wildman–Crippen MR) is 263 cm³/mol. The first kappa shape index (κ1) is 35.7. The van der Waals surface area contributed by atoms with Crippen molar-refractivity contribution in [1.82, 2.24) is 0 Å². The molecular weight excluding hydrogens is 755 g/mol. The van der Waals surface area contributed by atoms with E-state index >= 15 is 0 Å². The summed E-state index contributed by atoms with van der Waals surface area (Å²) in [5.41, 5.74) is 16.2. The highest BCUT2D eigenvalue weighted by Crippen LogP contribution is 2.52. The zero-order valence-electron chi connectivity index (χ0n) is 34.1. The molecule has 1 heterocycles. The number of hydrogen-bond donors (Lipinski definition) is 0. The fourth-order valence-electron chi connectivity index (χ4n) is 10.0. The molecule has 0 radical (unpaired) electrons. The SMILES string of the molecule is CC1(C)c2ccccc2-c2c(-c3ccc(N(c4ccc(-c5cccc6ccccc56)cc4)c4ccc(-c5cccc6c5sc5c7ccccc7ccc65)cc4)cc3)cccc21. The smallest absolute Gasteiger partial charge is 0.0462 e. The molecule has 0 saturated heterocycles. The van der Waals surface area contributed by atoms with Crippen LogP contribution in [0.2, 0.25) is 0 Å². The maximum absolute atomic E-state index is 2.39. The minimum Gasteiger partial charge on any atom is -0.311 e. The number of nitrogens with zero attached hydrogens (tertiary/aromatic N) is 1. The lowest BCUT2D eigenvalue weighted by Crippen LogP contribution is -2.14. The predicted octanol–water partition coefficient (Wildman–Crippen LogP) is 17.1. The topological polar surface area (TPSA) is 3.24 Å². The van der Waals surface area contributed by atoms with Crippen LogP contribution in [0.4, 0.5) is 17.1 Å². The number of thiophene rings is 1. The molecule has 0 unspecified atom stereocenters. The highest BCUT2D eigenvalue weighted by atomic mass is 32.1. The van der Waals surface area contributed by atoms with Crippen LogP contribution < -0.4 is 4.90 Å². The maximum atomic E-state index is 2.39. The van der Waals surface area contributed by atoms with Gasteiger partial charge in [0.25, 0.3) is 0 Å². The van der Waals surface area contributed by atoms with E-state index < -0.39 is 0 Å². The van der Waals surface area contributed by atoms with Gasteiger partial charge in [-0.15, -0.1) is 11.3 Å². The van der Waals surface area contributed by atoms with E-state index in [1.165, 1.54) is 97.4 Å². The highest BCUT2D eigenvalue weighted by molar-refractivity contribution is 7.27. The van der Waals surface area contributed by atoms with Gasteiger partial charge in [-0.1, -0.05) is 190 Å². The summed E-state index contributed by atoms with van der Waals surface area (Å²) < 4.78 is 2.68. The van der Waals surface area contributed by atoms with Crippen molar-refractivity contribution in [2.24, 2.45) is 0 Å². The first-order valence-corrected chi connectivity index (χ1v) is 22.0. The second-order valence-electron chi connectivity index (χ2n) is 16.8. The molecule has 0 saturated carbocycles. The summed E-state index contributed by atoms with van der Waals surface area (Å²) in [7, 11) is 0. The minimum atomic E-state index is -0.0418. The second kappa shape index (κ2) is 13.9. The van der Waals surface area contributed by atoms with E-state index in [0.717, 1.165) is 17.1 Å². The normalized spacial score (nSPS) is 12.9. The van der Waals surface area contributed by atoms with Gasteiger partial charge in [0, 0.05) is 42.6 Å². The van der Waals surface area contributed by atoms with Crippen molar-refractivity contribution in [3.05, 3.63) is 223 Å². The second-order valence-corrected chi connectivity index (χ2v) is 17.9. The van der Waals surface area contributed by atoms with Gasteiger partial charge in [0.15, 0.2) is 0 Å². The molecule has 11 aromatic rings. The molecule has 1 nitrogen and oxygen atoms in total. The summed E-state index contributed by atoms with van der Waals surface area (Å²) in [5.74, 6) is 0. The molecule has 1 aliphatic carbocycles. The summed E-state index contributed by atoms with van der Waals surface area (Å²) in [4.78, 5) is 2.39. The summed E-state index contributed by atoms with van der Waals surface area (Å²) >= 11 is 1.91. The van der Waals surface area contributed by atoms with Gasteiger partial charge < -0.3 is 4.90 Å². The van der Waals surface area contributed by atoms with Gasteiger partial charge in [0.2, 0.25) is 0 Å². The maximum Gasteiger partial charge on any atom is 0.0462 e. The number of rotatable bonds is 6. The first-order chi connectivity index (χ1) is 30.0. The third kappa shape index (κ3) is 5.67. The zero-order valence-corrected chi connectivity index (χ0v) is 34.9. The summed E-state index contributed by atoms with van der Waals surface area (Å²) in [6.45, 7) is 4.70. The average molecular weight is 796 g/mol. The van der Waals surface area contributed by atoms with Gasteiger partial charge in [-0.25, -0.2) is 0 Å². The number of anilines is 3. The van der Waals surface area contributed by atoms with Crippen molar-refractivity contribution in [2.45, 2.75) is 19.3 Å². The molecule has 0 amide bonds. The van der Waals surface area contributed by atoms with E-state index in [-0.39, 0.29) is 5.41 Å². The molecule has 288 valence electrons. The van der Waals surface area contributed by atoms with E-state index in [1.807, 2.05) is 11.3 Å². The van der Waals surface area contributed by atoms with E-state index in [4.69, 9.17) is 0 Å². The molecule has 10 aromatic carbocycles. The Morgan fingerprint density at radius 3 is 1.51 bits per heavy atom. The largest absolute Gasteiger partial charge is 0.311 e. The zero-order chi connectivity index (χ0) is 40.7. The van der Waals surface area contributed by atoms with Crippen LogP contribution in [0.25, 0.3) is 86.2 Å². The monoisotopic (exact) mass is 795 g/mol. The van der Waals surface area contributed by atoms with Crippen LogP contribution in [0.5, 0.6) is 0 Å². The Morgan fingerprint density at radius 1 is 0.328 bits per heavy atom. The molecule has 61 heavy (non-hydrogen) atoms. The van der Waals surface area contributed by atoms with E-state index in [0.29, 0.717) is 0 Å². The van der Waals surface area contributed by atoms with Gasteiger partial charge in [-0.05, 0) is 114 Å². The van der Waals surface area contributed by atoms with Crippen molar-refractivity contribution >= 4 is 70.1 Å². The molecule has 1 aromatic heterocycles. The molecule has 0 N–H and O–H groups in total. The Kier molecular flexibility index (Phi) is 8.13. The first-order valence-electron chi connectivity index (χ1n) is 21.2. The molecule has 0 aliphatic heterocycles. The summed E-state index contributed by atoms with van der Waals surface area (Å²) in [6.07, 6.45) is 0. The Morgan fingerprint density at radius 2 is 0.787 bits per heavy atom. The fourth-order valence-corrected chi connectivity index (χ4v) is 11.4. The Hall–Kier alpha value is -7.26. The minimum absolute atomic E-state index is 0.0418. The van der Waals surface area contributed by atoms with E-state index in [9.17, 15) is 0 Å². The molecule has 12 rings (SSSR count). The highest BCUT2D eigenvalue weighted by Gasteiger charge is 2.36. The Balaban J connectivity index is 0.959. The standard InChI is InChI=1S/C59H41NS/c1-59(2)54-22-8-7-17-53(54)56-48(19-11-23-55(56)59)41-26-33-44(34-27-41)60(43-31-24-40(25-32-43)47-18-9-14-38-12-3-5-15-46(38)47)45-35-28-42(29-36-45)50-20-10-21-51-52-37-30-39-13-4-6-16-49(39)58(52)61-57(50)51/h3-37H,1-2H3. The number of hydrogen-bond acceptors (Lipinski definition) is 2. The molecule has 2 heteroatoms. The van der Waals surface area contributed by atoms with Crippen LogP contribution in [0, 0.1) is 0 Å². The van der Waals surface area contributed by atoms with Gasteiger partial charge in [-0.3, -0.25) is 0 Å².